The van der Waals surface area contributed by atoms with E-state index in [1.54, 1.807) is 24.3 Å². The van der Waals surface area contributed by atoms with Crippen LogP contribution in [0.2, 0.25) is 5.02 Å². The highest BCUT2D eigenvalue weighted by Gasteiger charge is 2.23. The number of fused-ring (bicyclic) bond motifs is 1. The first-order valence-electron chi connectivity index (χ1n) is 8.89. The average molecular weight is 411 g/mol. The van der Waals surface area contributed by atoms with Crippen LogP contribution in [-0.2, 0) is 16.3 Å². The first-order valence-corrected chi connectivity index (χ1v) is 11.2. The summed E-state index contributed by atoms with van der Waals surface area (Å²) in [5, 5.41) is 0.704. The molecule has 0 unspecified atom stereocenters. The van der Waals surface area contributed by atoms with Crippen molar-refractivity contribution in [3.05, 3.63) is 94.0 Å². The normalized spacial score (nSPS) is 13.8. The van der Waals surface area contributed by atoms with E-state index in [0.717, 1.165) is 39.3 Å². The summed E-state index contributed by atoms with van der Waals surface area (Å²) in [6.07, 6.45) is 1.91. The Kier molecular flexibility index (Phi) is 4.77. The Morgan fingerprint density at radius 1 is 0.929 bits per heavy atom. The molecule has 4 rings (SSSR count). The summed E-state index contributed by atoms with van der Waals surface area (Å²) in [6, 6.07) is 20.7. The molecule has 1 heterocycles. The van der Waals surface area contributed by atoms with Gasteiger partial charge in [0.1, 0.15) is 11.5 Å². The van der Waals surface area contributed by atoms with Gasteiger partial charge in [0.2, 0.25) is 0 Å². The maximum atomic E-state index is 11.8. The maximum Gasteiger partial charge on any atom is 0.175 e. The number of aryl methyl sites for hydroxylation is 1. The van der Waals surface area contributed by atoms with Crippen molar-refractivity contribution in [3.63, 3.8) is 0 Å². The van der Waals surface area contributed by atoms with Gasteiger partial charge in [-0.25, -0.2) is 8.42 Å². The van der Waals surface area contributed by atoms with E-state index in [4.69, 9.17) is 16.3 Å². The molecule has 0 fully saturated rings. The number of rotatable bonds is 3. The Bertz CT molecular complexity index is 1190. The Morgan fingerprint density at radius 3 is 2.29 bits per heavy atom. The average Bonchev–Trinajstić information content (AvgIpc) is 2.68. The van der Waals surface area contributed by atoms with E-state index >= 15 is 0 Å². The smallest absolute Gasteiger partial charge is 0.175 e. The number of halogens is 1. The van der Waals surface area contributed by atoms with Gasteiger partial charge in [-0.2, -0.15) is 0 Å². The second-order valence-corrected chi connectivity index (χ2v) is 9.38. The first kappa shape index (κ1) is 18.8. The van der Waals surface area contributed by atoms with Gasteiger partial charge in [-0.15, -0.1) is 0 Å². The van der Waals surface area contributed by atoms with Crippen LogP contribution in [0.25, 0.3) is 11.3 Å². The van der Waals surface area contributed by atoms with E-state index in [2.05, 4.69) is 6.07 Å². The van der Waals surface area contributed by atoms with Gasteiger partial charge in [0.25, 0.3) is 0 Å². The van der Waals surface area contributed by atoms with Crippen LogP contribution in [0, 0.1) is 6.92 Å². The highest BCUT2D eigenvalue weighted by molar-refractivity contribution is 7.90. The molecule has 0 atom stereocenters. The molecule has 0 aromatic heterocycles. The highest BCUT2D eigenvalue weighted by atomic mass is 35.5. The lowest BCUT2D eigenvalue weighted by molar-refractivity contribution is 0.502. The topological polar surface area (TPSA) is 43.4 Å². The standard InChI is InChI=1S/C23H19ClO3S/c1-15-7-8-17(14-21(15)24)20-13-18-5-3-4-6-22(18)27-23(20)16-9-11-19(12-10-16)28(2,25)26/h3-12,14H,13H2,1-2H3. The molecule has 5 heteroatoms. The quantitative estimate of drug-likeness (QED) is 0.568. The molecule has 3 aromatic rings. The lowest BCUT2D eigenvalue weighted by Crippen LogP contribution is -2.09. The lowest BCUT2D eigenvalue weighted by atomic mass is 9.92. The molecular formula is C23H19ClO3S. The number of allylic oxidation sites excluding steroid dienone is 1. The summed E-state index contributed by atoms with van der Waals surface area (Å²) in [5.41, 5.74) is 4.96. The molecule has 28 heavy (non-hydrogen) atoms. The molecule has 0 aliphatic carbocycles. The Balaban J connectivity index is 1.87. The number of hydrogen-bond donors (Lipinski definition) is 0. The third-order valence-corrected chi connectivity index (χ3v) is 6.43. The van der Waals surface area contributed by atoms with Crippen molar-refractivity contribution in [1.82, 2.24) is 0 Å². The highest BCUT2D eigenvalue weighted by Crippen LogP contribution is 2.39. The van der Waals surface area contributed by atoms with Crippen LogP contribution in [0.15, 0.2) is 71.6 Å². The van der Waals surface area contributed by atoms with Crippen molar-refractivity contribution >= 4 is 32.8 Å². The fourth-order valence-electron chi connectivity index (χ4n) is 3.29. The molecule has 3 nitrogen and oxygen atoms in total. The number of hydrogen-bond acceptors (Lipinski definition) is 3. The maximum absolute atomic E-state index is 11.8. The molecule has 1 aliphatic heterocycles. The van der Waals surface area contributed by atoms with Crippen molar-refractivity contribution in [3.8, 4) is 5.75 Å². The van der Waals surface area contributed by atoms with Crippen LogP contribution in [0.5, 0.6) is 5.75 Å². The van der Waals surface area contributed by atoms with E-state index in [-0.39, 0.29) is 4.90 Å². The van der Waals surface area contributed by atoms with Crippen molar-refractivity contribution in [1.29, 1.82) is 0 Å². The lowest BCUT2D eigenvalue weighted by Gasteiger charge is -2.24. The van der Waals surface area contributed by atoms with Crippen LogP contribution in [0.4, 0.5) is 0 Å². The van der Waals surface area contributed by atoms with E-state index < -0.39 is 9.84 Å². The third-order valence-electron chi connectivity index (χ3n) is 4.89. The molecule has 0 N–H and O–H groups in total. The van der Waals surface area contributed by atoms with Gasteiger partial charge in [0.15, 0.2) is 9.84 Å². The summed E-state index contributed by atoms with van der Waals surface area (Å²) in [5.74, 6) is 1.53. The van der Waals surface area contributed by atoms with E-state index in [0.29, 0.717) is 11.4 Å². The molecule has 0 saturated heterocycles. The zero-order valence-electron chi connectivity index (χ0n) is 15.6. The zero-order valence-corrected chi connectivity index (χ0v) is 17.1. The molecule has 0 saturated carbocycles. The van der Waals surface area contributed by atoms with Gasteiger partial charge in [-0.05, 0) is 60.0 Å². The Hall–Kier alpha value is -2.56. The summed E-state index contributed by atoms with van der Waals surface area (Å²) in [7, 11) is -3.25. The van der Waals surface area contributed by atoms with Gasteiger partial charge >= 0.3 is 0 Å². The zero-order chi connectivity index (χ0) is 19.9. The van der Waals surface area contributed by atoms with E-state index in [1.165, 1.54) is 6.26 Å². The number of sulfone groups is 1. The minimum Gasteiger partial charge on any atom is -0.456 e. The summed E-state index contributed by atoms with van der Waals surface area (Å²) < 4.78 is 29.8. The number of benzene rings is 3. The van der Waals surface area contributed by atoms with Crippen molar-refractivity contribution in [2.24, 2.45) is 0 Å². The minimum atomic E-state index is -3.25. The molecule has 3 aromatic carbocycles. The fourth-order valence-corrected chi connectivity index (χ4v) is 4.10. The van der Waals surface area contributed by atoms with Crippen LogP contribution in [-0.4, -0.2) is 14.7 Å². The predicted octanol–water partition coefficient (Wildman–Crippen LogP) is 5.56. The SMILES string of the molecule is Cc1ccc(C2=C(c3ccc(S(C)(=O)=O)cc3)Oc3ccccc3C2)cc1Cl. The van der Waals surface area contributed by atoms with E-state index in [1.807, 2.05) is 43.3 Å². The van der Waals surface area contributed by atoms with Gasteiger partial charge in [-0.1, -0.05) is 41.9 Å². The predicted molar refractivity (Wildman–Crippen MR) is 113 cm³/mol. The van der Waals surface area contributed by atoms with Crippen LogP contribution in [0.1, 0.15) is 22.3 Å². The largest absolute Gasteiger partial charge is 0.456 e. The van der Waals surface area contributed by atoms with Crippen LogP contribution in [0.3, 0.4) is 0 Å². The van der Waals surface area contributed by atoms with Crippen LogP contribution < -0.4 is 4.74 Å². The Labute approximate surface area is 170 Å². The summed E-state index contributed by atoms with van der Waals surface area (Å²) in [6.45, 7) is 1.97. The second kappa shape index (κ2) is 7.12. The molecular weight excluding hydrogens is 392 g/mol. The Morgan fingerprint density at radius 2 is 1.61 bits per heavy atom. The van der Waals surface area contributed by atoms with Gasteiger partial charge in [0.05, 0.1) is 4.90 Å². The summed E-state index contributed by atoms with van der Waals surface area (Å²) in [4.78, 5) is 0.285. The molecule has 142 valence electrons. The monoisotopic (exact) mass is 410 g/mol. The second-order valence-electron chi connectivity index (χ2n) is 6.95. The molecule has 0 bridgehead atoms. The first-order chi connectivity index (χ1) is 13.3. The molecule has 0 amide bonds. The number of ether oxygens (including phenoxy) is 1. The molecule has 1 aliphatic rings. The van der Waals surface area contributed by atoms with Gasteiger partial charge < -0.3 is 4.74 Å². The van der Waals surface area contributed by atoms with Crippen molar-refractivity contribution < 1.29 is 13.2 Å². The van der Waals surface area contributed by atoms with Crippen molar-refractivity contribution in [2.75, 3.05) is 6.26 Å². The summed E-state index contributed by atoms with van der Waals surface area (Å²) >= 11 is 6.37. The van der Waals surface area contributed by atoms with E-state index in [9.17, 15) is 8.42 Å². The van der Waals surface area contributed by atoms with Gasteiger partial charge in [-0.3, -0.25) is 0 Å². The van der Waals surface area contributed by atoms with Crippen LogP contribution >= 0.6 is 11.6 Å². The van der Waals surface area contributed by atoms with Crippen molar-refractivity contribution in [2.45, 2.75) is 18.2 Å². The van der Waals surface area contributed by atoms with Gasteiger partial charge in [0, 0.05) is 28.8 Å². The molecule has 0 radical (unpaired) electrons. The fraction of sp³-hybridized carbons (Fsp3) is 0.130. The minimum absolute atomic E-state index is 0.285. The third kappa shape index (κ3) is 3.58. The number of para-hydroxylation sites is 1. The molecule has 0 spiro atoms.